The maximum Gasteiger partial charge on any atom is 0.378 e. The molecule has 0 fully saturated rings. The summed E-state index contributed by atoms with van der Waals surface area (Å²) in [5.74, 6) is -3.60. The number of nitrogens with zero attached hydrogens (tertiary/aromatic N) is 1. The normalized spacial score (nSPS) is 10.3. The Morgan fingerprint density at radius 1 is 1.23 bits per heavy atom. The number of ketones is 1. The van der Waals surface area contributed by atoms with Gasteiger partial charge in [-0.05, 0) is 36.8 Å². The molecule has 2 aromatic rings. The number of Topliss-reactive ketones (excluding diaryl/α,β-unsaturated/α-hetero) is 1. The number of carbonyl (C=O) groups excluding carboxylic acids is 2. The number of aliphatic carboxylic acids is 1. The minimum absolute atomic E-state index is 0.104. The number of hydrogen-bond donors (Lipinski definition) is 2. The summed E-state index contributed by atoms with van der Waals surface area (Å²) in [6.07, 6.45) is 1.35. The molecule has 1 heterocycles. The molecular weight excluding hydrogens is 291 g/mol. The zero-order chi connectivity index (χ0) is 16.4. The summed E-state index contributed by atoms with van der Waals surface area (Å²) < 4.78 is 14.4. The maximum absolute atomic E-state index is 13.2. The van der Waals surface area contributed by atoms with E-state index < -0.39 is 17.7 Å². The molecule has 22 heavy (non-hydrogen) atoms. The molecule has 1 aromatic carbocycles. The van der Waals surface area contributed by atoms with E-state index in [1.807, 2.05) is 0 Å². The highest BCUT2D eigenvalue weighted by Crippen LogP contribution is 2.16. The van der Waals surface area contributed by atoms with E-state index in [2.05, 4.69) is 5.32 Å². The third-order valence-electron chi connectivity index (χ3n) is 3.11. The average Bonchev–Trinajstić information content (AvgIpc) is 2.84. The fraction of sp³-hybridized carbons (Fsp3) is 0.133. The third kappa shape index (κ3) is 3.03. The van der Waals surface area contributed by atoms with Gasteiger partial charge in [-0.25, -0.2) is 9.18 Å². The molecule has 1 amide bonds. The van der Waals surface area contributed by atoms with Crippen molar-refractivity contribution in [3.63, 3.8) is 0 Å². The first-order valence-electron chi connectivity index (χ1n) is 6.31. The monoisotopic (exact) mass is 304 g/mol. The second-order valence-electron chi connectivity index (χ2n) is 4.78. The van der Waals surface area contributed by atoms with Crippen LogP contribution in [0.1, 0.15) is 26.4 Å². The van der Waals surface area contributed by atoms with E-state index in [-0.39, 0.29) is 17.1 Å². The molecule has 114 valence electrons. The number of carboxylic acids is 1. The SMILES string of the molecule is Cc1cc(NC(=O)c2cc(C(=O)C(=O)O)n(C)c2)ccc1F. The standard InChI is InChI=1S/C15H13FN2O4/c1-8-5-10(3-4-11(8)16)17-14(20)9-6-12(18(2)7-9)13(19)15(21)22/h3-7H,1-2H3,(H,17,20)(H,21,22). The first kappa shape index (κ1) is 15.4. The van der Waals surface area contributed by atoms with Crippen molar-refractivity contribution < 1.29 is 23.9 Å². The minimum atomic E-state index is -1.60. The fourth-order valence-corrected chi connectivity index (χ4v) is 1.95. The van der Waals surface area contributed by atoms with Gasteiger partial charge in [0.2, 0.25) is 0 Å². The van der Waals surface area contributed by atoms with Crippen LogP contribution in [0.5, 0.6) is 0 Å². The molecule has 0 aliphatic heterocycles. The zero-order valence-electron chi connectivity index (χ0n) is 11.9. The number of rotatable bonds is 4. The van der Waals surface area contributed by atoms with Crippen LogP contribution in [0.2, 0.25) is 0 Å². The third-order valence-corrected chi connectivity index (χ3v) is 3.11. The number of benzene rings is 1. The lowest BCUT2D eigenvalue weighted by Crippen LogP contribution is -2.15. The number of carbonyl (C=O) groups is 3. The van der Waals surface area contributed by atoms with Crippen molar-refractivity contribution in [1.29, 1.82) is 0 Å². The number of nitrogens with one attached hydrogen (secondary N) is 1. The molecule has 0 radical (unpaired) electrons. The van der Waals surface area contributed by atoms with Gasteiger partial charge in [0, 0.05) is 18.9 Å². The first-order valence-corrected chi connectivity index (χ1v) is 6.31. The zero-order valence-corrected chi connectivity index (χ0v) is 11.9. The number of aromatic nitrogens is 1. The molecule has 2 N–H and O–H groups in total. The summed E-state index contributed by atoms with van der Waals surface area (Å²) in [5.41, 5.74) is 0.813. The molecule has 0 aliphatic rings. The van der Waals surface area contributed by atoms with Gasteiger partial charge in [0.05, 0.1) is 11.3 Å². The predicted octanol–water partition coefficient (Wildman–Crippen LogP) is 1.99. The molecule has 0 aliphatic carbocycles. The lowest BCUT2D eigenvalue weighted by atomic mass is 10.2. The Labute approximate surface area is 125 Å². The Hall–Kier alpha value is -2.96. The summed E-state index contributed by atoms with van der Waals surface area (Å²) >= 11 is 0. The lowest BCUT2D eigenvalue weighted by Gasteiger charge is -2.05. The van der Waals surface area contributed by atoms with Gasteiger partial charge in [0.1, 0.15) is 5.82 Å². The maximum atomic E-state index is 13.2. The number of carboxylic acid groups (broad SMARTS) is 1. The van der Waals surface area contributed by atoms with Crippen molar-refractivity contribution in [3.05, 3.63) is 53.1 Å². The molecule has 0 saturated carbocycles. The molecule has 6 nitrogen and oxygen atoms in total. The summed E-state index contributed by atoms with van der Waals surface area (Å²) in [7, 11) is 1.47. The summed E-state index contributed by atoms with van der Waals surface area (Å²) in [4.78, 5) is 34.2. The number of aryl methyl sites for hydroxylation is 2. The van der Waals surface area contributed by atoms with Crippen LogP contribution >= 0.6 is 0 Å². The Balaban J connectivity index is 2.23. The topological polar surface area (TPSA) is 88.4 Å². The highest BCUT2D eigenvalue weighted by Gasteiger charge is 2.21. The molecule has 0 unspecified atom stereocenters. The summed E-state index contributed by atoms with van der Waals surface area (Å²) in [6, 6.07) is 5.31. The Morgan fingerprint density at radius 3 is 2.50 bits per heavy atom. The van der Waals surface area contributed by atoms with Gasteiger partial charge in [-0.2, -0.15) is 0 Å². The Bertz CT molecular complexity index is 780. The van der Waals surface area contributed by atoms with Crippen LogP contribution < -0.4 is 5.32 Å². The van der Waals surface area contributed by atoms with E-state index in [9.17, 15) is 18.8 Å². The molecule has 1 aromatic heterocycles. The van der Waals surface area contributed by atoms with E-state index in [0.29, 0.717) is 11.3 Å². The van der Waals surface area contributed by atoms with Crippen molar-refractivity contribution in [2.24, 2.45) is 7.05 Å². The predicted molar refractivity (Wildman–Crippen MR) is 76.5 cm³/mol. The Kier molecular flexibility index (Phi) is 4.07. The van der Waals surface area contributed by atoms with E-state index in [0.717, 1.165) is 0 Å². The van der Waals surface area contributed by atoms with Crippen LogP contribution in [0.15, 0.2) is 30.5 Å². The van der Waals surface area contributed by atoms with Crippen LogP contribution in [-0.2, 0) is 11.8 Å². The highest BCUT2D eigenvalue weighted by atomic mass is 19.1. The quantitative estimate of drug-likeness (QED) is 0.668. The van der Waals surface area contributed by atoms with Crippen molar-refractivity contribution in [2.75, 3.05) is 5.32 Å². The van der Waals surface area contributed by atoms with Crippen molar-refractivity contribution >= 4 is 23.3 Å². The van der Waals surface area contributed by atoms with Gasteiger partial charge in [0.15, 0.2) is 0 Å². The second-order valence-corrected chi connectivity index (χ2v) is 4.78. The van der Waals surface area contributed by atoms with Gasteiger partial charge in [-0.15, -0.1) is 0 Å². The fourth-order valence-electron chi connectivity index (χ4n) is 1.95. The van der Waals surface area contributed by atoms with E-state index >= 15 is 0 Å². The number of hydrogen-bond acceptors (Lipinski definition) is 3. The van der Waals surface area contributed by atoms with Crippen LogP contribution in [0, 0.1) is 12.7 Å². The first-order chi connectivity index (χ1) is 10.3. The van der Waals surface area contributed by atoms with Crippen LogP contribution in [0.3, 0.4) is 0 Å². The second kappa shape index (κ2) is 5.80. The molecule has 2 rings (SSSR count). The van der Waals surface area contributed by atoms with E-state index in [1.54, 1.807) is 6.92 Å². The number of anilines is 1. The molecule has 7 heteroatoms. The van der Waals surface area contributed by atoms with Gasteiger partial charge >= 0.3 is 5.97 Å². The minimum Gasteiger partial charge on any atom is -0.475 e. The Morgan fingerprint density at radius 2 is 1.91 bits per heavy atom. The number of amides is 1. The van der Waals surface area contributed by atoms with Crippen molar-refractivity contribution in [2.45, 2.75) is 6.92 Å². The summed E-state index contributed by atoms with van der Waals surface area (Å²) in [6.45, 7) is 1.57. The molecule has 0 saturated heterocycles. The van der Waals surface area contributed by atoms with Gasteiger partial charge in [-0.3, -0.25) is 9.59 Å². The molecule has 0 spiro atoms. The van der Waals surface area contributed by atoms with E-state index in [1.165, 1.54) is 42.1 Å². The largest absolute Gasteiger partial charge is 0.475 e. The van der Waals surface area contributed by atoms with Gasteiger partial charge in [-0.1, -0.05) is 0 Å². The van der Waals surface area contributed by atoms with Gasteiger partial charge in [0.25, 0.3) is 11.7 Å². The highest BCUT2D eigenvalue weighted by molar-refractivity contribution is 6.39. The van der Waals surface area contributed by atoms with Crippen molar-refractivity contribution in [1.82, 2.24) is 4.57 Å². The van der Waals surface area contributed by atoms with E-state index in [4.69, 9.17) is 5.11 Å². The molecule has 0 atom stereocenters. The van der Waals surface area contributed by atoms with Gasteiger partial charge < -0.3 is 15.0 Å². The average molecular weight is 304 g/mol. The molecule has 0 bridgehead atoms. The smallest absolute Gasteiger partial charge is 0.378 e. The van der Waals surface area contributed by atoms with Crippen LogP contribution in [0.4, 0.5) is 10.1 Å². The lowest BCUT2D eigenvalue weighted by molar-refractivity contribution is -0.131. The van der Waals surface area contributed by atoms with Crippen molar-refractivity contribution in [3.8, 4) is 0 Å². The number of halogens is 1. The van der Waals surface area contributed by atoms with Crippen LogP contribution in [-0.4, -0.2) is 27.3 Å². The summed E-state index contributed by atoms with van der Waals surface area (Å²) in [5, 5.41) is 11.3. The molecular formula is C15H13FN2O4. The van der Waals surface area contributed by atoms with Crippen LogP contribution in [0.25, 0.3) is 0 Å².